The minimum atomic E-state index is -1.29. The van der Waals surface area contributed by atoms with E-state index in [1.807, 2.05) is 0 Å². The molecule has 0 saturated carbocycles. The van der Waals surface area contributed by atoms with Gasteiger partial charge in [-0.15, -0.1) is 0 Å². The summed E-state index contributed by atoms with van der Waals surface area (Å²) in [5.41, 5.74) is -0.877. The first-order valence-corrected chi connectivity index (χ1v) is 4.81. The monoisotopic (exact) mass is 260 g/mol. The highest BCUT2D eigenvalue weighted by Gasteiger charge is 2.22. The van der Waals surface area contributed by atoms with Crippen LogP contribution in [0, 0.1) is 17.5 Å². The van der Waals surface area contributed by atoms with E-state index in [0.717, 1.165) is 0 Å². The van der Waals surface area contributed by atoms with E-state index in [-0.39, 0.29) is 11.0 Å². The lowest BCUT2D eigenvalue weighted by Crippen LogP contribution is -2.07. The van der Waals surface area contributed by atoms with Crippen molar-refractivity contribution in [1.29, 1.82) is 0 Å². The molecule has 0 bridgehead atoms. The lowest BCUT2D eigenvalue weighted by Gasteiger charge is -2.02. The fraction of sp³-hybridized carbons (Fsp3) is 0. The summed E-state index contributed by atoms with van der Waals surface area (Å²) >= 11 is 5.43. The summed E-state index contributed by atoms with van der Waals surface area (Å²) in [4.78, 5) is 11.7. The van der Waals surface area contributed by atoms with E-state index < -0.39 is 28.8 Å². The molecule has 0 spiro atoms. The van der Waals surface area contributed by atoms with Gasteiger partial charge < -0.3 is 4.42 Å². The maximum atomic E-state index is 13.3. The van der Waals surface area contributed by atoms with Crippen LogP contribution in [0.4, 0.5) is 13.2 Å². The number of ketones is 1. The number of furan rings is 1. The normalized spacial score (nSPS) is 10.6. The Morgan fingerprint density at radius 2 is 1.71 bits per heavy atom. The molecule has 1 aromatic carbocycles. The van der Waals surface area contributed by atoms with Crippen LogP contribution in [-0.2, 0) is 0 Å². The minimum absolute atomic E-state index is 0.0868. The van der Waals surface area contributed by atoms with Gasteiger partial charge in [-0.1, -0.05) is 0 Å². The summed E-state index contributed by atoms with van der Waals surface area (Å²) in [7, 11) is 0. The van der Waals surface area contributed by atoms with Gasteiger partial charge in [-0.2, -0.15) is 0 Å². The largest absolute Gasteiger partial charge is 0.441 e. The smallest absolute Gasteiger partial charge is 0.234 e. The van der Waals surface area contributed by atoms with Crippen LogP contribution >= 0.6 is 11.6 Å². The molecular formula is C11H4ClF3O2. The van der Waals surface area contributed by atoms with E-state index in [9.17, 15) is 18.0 Å². The first kappa shape index (κ1) is 11.7. The van der Waals surface area contributed by atoms with Gasteiger partial charge in [-0.25, -0.2) is 13.2 Å². The second-order valence-corrected chi connectivity index (χ2v) is 3.55. The van der Waals surface area contributed by atoms with Crippen LogP contribution in [-0.4, -0.2) is 5.78 Å². The maximum Gasteiger partial charge on any atom is 0.234 e. The minimum Gasteiger partial charge on any atom is -0.441 e. The van der Waals surface area contributed by atoms with Crippen LogP contribution in [0.1, 0.15) is 16.1 Å². The molecule has 0 unspecified atom stereocenters. The molecule has 0 aliphatic carbocycles. The zero-order chi connectivity index (χ0) is 12.6. The zero-order valence-corrected chi connectivity index (χ0v) is 8.89. The summed E-state index contributed by atoms with van der Waals surface area (Å²) in [6.45, 7) is 0. The van der Waals surface area contributed by atoms with Gasteiger partial charge in [0, 0.05) is 12.1 Å². The molecule has 0 atom stereocenters. The molecule has 1 aromatic heterocycles. The first-order chi connectivity index (χ1) is 7.99. The van der Waals surface area contributed by atoms with Crippen molar-refractivity contribution >= 4 is 17.4 Å². The van der Waals surface area contributed by atoms with Crippen LogP contribution in [0.25, 0.3) is 0 Å². The second-order valence-electron chi connectivity index (χ2n) is 3.18. The van der Waals surface area contributed by atoms with E-state index in [0.29, 0.717) is 12.1 Å². The molecule has 0 saturated heterocycles. The molecule has 2 rings (SSSR count). The molecule has 0 aliphatic heterocycles. The van der Waals surface area contributed by atoms with E-state index in [1.165, 1.54) is 12.1 Å². The standard InChI is InChI=1S/C11H4ClF3O2/c12-9-2-1-8(17-9)11(16)10-6(14)3-5(13)4-7(10)15/h1-4H. The third-order valence-corrected chi connectivity index (χ3v) is 2.23. The number of halogens is 4. The van der Waals surface area contributed by atoms with Gasteiger partial charge >= 0.3 is 0 Å². The van der Waals surface area contributed by atoms with Crippen molar-refractivity contribution < 1.29 is 22.4 Å². The van der Waals surface area contributed by atoms with Crippen LogP contribution < -0.4 is 0 Å². The van der Waals surface area contributed by atoms with Gasteiger partial charge in [0.2, 0.25) is 5.78 Å². The van der Waals surface area contributed by atoms with Crippen LogP contribution in [0.3, 0.4) is 0 Å². The molecule has 1 heterocycles. The second kappa shape index (κ2) is 4.25. The molecule has 0 radical (unpaired) electrons. The predicted octanol–water partition coefficient (Wildman–Crippen LogP) is 3.58. The lowest BCUT2D eigenvalue weighted by molar-refractivity contribution is 0.100. The lowest BCUT2D eigenvalue weighted by atomic mass is 10.1. The summed E-state index contributed by atoms with van der Waals surface area (Å²) in [5.74, 6) is -5.04. The summed E-state index contributed by atoms with van der Waals surface area (Å²) < 4.78 is 43.9. The first-order valence-electron chi connectivity index (χ1n) is 4.43. The fourth-order valence-corrected chi connectivity index (χ4v) is 1.46. The summed E-state index contributed by atoms with van der Waals surface area (Å²) in [5, 5.41) is -0.0868. The number of benzene rings is 1. The molecule has 2 nitrogen and oxygen atoms in total. The third-order valence-electron chi connectivity index (χ3n) is 2.03. The Bertz CT molecular complexity index is 569. The van der Waals surface area contributed by atoms with Crippen molar-refractivity contribution in [3.8, 4) is 0 Å². The van der Waals surface area contributed by atoms with Crippen molar-refractivity contribution in [2.75, 3.05) is 0 Å². The maximum absolute atomic E-state index is 13.3. The van der Waals surface area contributed by atoms with Crippen LogP contribution in [0.15, 0.2) is 28.7 Å². The average Bonchev–Trinajstić information content (AvgIpc) is 2.63. The predicted molar refractivity (Wildman–Crippen MR) is 53.5 cm³/mol. The topological polar surface area (TPSA) is 30.2 Å². The van der Waals surface area contributed by atoms with Gasteiger partial charge in [0.05, 0.1) is 5.56 Å². The van der Waals surface area contributed by atoms with Gasteiger partial charge in [0.15, 0.2) is 11.0 Å². The van der Waals surface area contributed by atoms with Gasteiger partial charge in [0.1, 0.15) is 17.5 Å². The zero-order valence-electron chi connectivity index (χ0n) is 8.14. The summed E-state index contributed by atoms with van der Waals surface area (Å²) in [6.07, 6.45) is 0. The number of carbonyl (C=O) groups excluding carboxylic acids is 1. The molecule has 0 fully saturated rings. The number of hydrogen-bond donors (Lipinski definition) is 0. The Hall–Kier alpha value is -1.75. The Morgan fingerprint density at radius 3 is 2.18 bits per heavy atom. The molecule has 0 amide bonds. The highest BCUT2D eigenvalue weighted by atomic mass is 35.5. The quantitative estimate of drug-likeness (QED) is 0.773. The van der Waals surface area contributed by atoms with Crippen LogP contribution in [0.2, 0.25) is 5.22 Å². The van der Waals surface area contributed by atoms with E-state index in [1.54, 1.807) is 0 Å². The van der Waals surface area contributed by atoms with Crippen molar-refractivity contribution in [2.45, 2.75) is 0 Å². The Morgan fingerprint density at radius 1 is 1.12 bits per heavy atom. The molecule has 2 aromatic rings. The Balaban J connectivity index is 2.51. The molecule has 0 aliphatic rings. The van der Waals surface area contributed by atoms with Crippen molar-refractivity contribution in [1.82, 2.24) is 0 Å². The Kier molecular flexibility index (Phi) is 2.93. The van der Waals surface area contributed by atoms with Crippen molar-refractivity contribution in [3.63, 3.8) is 0 Å². The van der Waals surface area contributed by atoms with Gasteiger partial charge in [-0.05, 0) is 23.7 Å². The fourth-order valence-electron chi connectivity index (χ4n) is 1.32. The number of carbonyl (C=O) groups is 1. The molecular weight excluding hydrogens is 257 g/mol. The van der Waals surface area contributed by atoms with E-state index in [2.05, 4.69) is 0 Å². The Labute approximate surface area is 98.6 Å². The average molecular weight is 261 g/mol. The van der Waals surface area contributed by atoms with Gasteiger partial charge in [-0.3, -0.25) is 4.79 Å². The number of rotatable bonds is 2. The number of hydrogen-bond acceptors (Lipinski definition) is 2. The third kappa shape index (κ3) is 2.19. The highest BCUT2D eigenvalue weighted by Crippen LogP contribution is 2.21. The molecule has 17 heavy (non-hydrogen) atoms. The molecule has 6 heteroatoms. The van der Waals surface area contributed by atoms with E-state index >= 15 is 0 Å². The van der Waals surface area contributed by atoms with Gasteiger partial charge in [0.25, 0.3) is 0 Å². The molecule has 88 valence electrons. The molecule has 0 N–H and O–H groups in total. The van der Waals surface area contributed by atoms with Crippen molar-refractivity contribution in [3.05, 3.63) is 58.3 Å². The van der Waals surface area contributed by atoms with Crippen LogP contribution in [0.5, 0.6) is 0 Å². The summed E-state index contributed by atoms with van der Waals surface area (Å²) in [6, 6.07) is 3.27. The SMILES string of the molecule is O=C(c1ccc(Cl)o1)c1c(F)cc(F)cc1F. The van der Waals surface area contributed by atoms with E-state index in [4.69, 9.17) is 16.0 Å². The van der Waals surface area contributed by atoms with Crippen molar-refractivity contribution in [2.24, 2.45) is 0 Å². The highest BCUT2D eigenvalue weighted by molar-refractivity contribution is 6.29.